The summed E-state index contributed by atoms with van der Waals surface area (Å²) in [4.78, 5) is 51.1. The second-order valence-corrected chi connectivity index (χ2v) is 14.8. The summed E-state index contributed by atoms with van der Waals surface area (Å²) in [6.07, 6.45) is 6.81. The Hall–Kier alpha value is -5.71. The average Bonchev–Trinajstić information content (AvgIpc) is 3.95. The number of hydrogen-bond donors (Lipinski definition) is 3. The summed E-state index contributed by atoms with van der Waals surface area (Å²) in [5.74, 6) is 2.45. The number of aromatic nitrogens is 4. The zero-order valence-electron chi connectivity index (χ0n) is 32.0. The second-order valence-electron chi connectivity index (χ2n) is 14.8. The number of nitrogens with one attached hydrogen (secondary N) is 2. The van der Waals surface area contributed by atoms with Crippen LogP contribution in [0.4, 0.5) is 0 Å². The van der Waals surface area contributed by atoms with Gasteiger partial charge in [-0.2, -0.15) is 0 Å². The molecule has 2 aromatic heterocycles. The molecule has 1 fully saturated rings. The summed E-state index contributed by atoms with van der Waals surface area (Å²) in [6.45, 7) is 12.0. The van der Waals surface area contributed by atoms with Crippen LogP contribution in [-0.2, 0) is 16.1 Å². The molecule has 282 valence electrons. The molecule has 0 spiro atoms. The van der Waals surface area contributed by atoms with Gasteiger partial charge in [0.05, 0.1) is 36.4 Å². The van der Waals surface area contributed by atoms with E-state index in [4.69, 9.17) is 15.5 Å². The first-order chi connectivity index (χ1) is 26.1. The number of ether oxygens (including phenoxy) is 1. The number of amides is 2. The maximum Gasteiger partial charge on any atom is 0.288 e. The molecule has 3 aromatic carbocycles. The molecule has 1 saturated heterocycles. The Morgan fingerprint density at radius 3 is 2.11 bits per heavy atom. The monoisotopic (exact) mass is 728 g/mol. The summed E-state index contributed by atoms with van der Waals surface area (Å²) in [7, 11) is 0. The normalized spacial score (nSPS) is 15.2. The number of benzene rings is 3. The van der Waals surface area contributed by atoms with Gasteiger partial charge < -0.3 is 30.2 Å². The third-order valence-corrected chi connectivity index (χ3v) is 9.69. The number of carbonyl (C=O) groups excluding carboxylic acids is 2. The lowest BCUT2D eigenvalue weighted by atomic mass is 10.0. The van der Waals surface area contributed by atoms with Gasteiger partial charge in [0, 0.05) is 19.5 Å². The fourth-order valence-corrected chi connectivity index (χ4v) is 6.89. The number of H-pyrrole nitrogens is 2. The molecular formula is C43H52N8O3. The largest absolute Gasteiger partial charge is 0.426 e. The number of hydrogen-bond acceptors (Lipinski definition) is 6. The number of amidine groups is 1. The lowest BCUT2D eigenvalue weighted by Crippen LogP contribution is -2.42. The predicted octanol–water partition coefficient (Wildman–Crippen LogP) is 8.00. The van der Waals surface area contributed by atoms with Gasteiger partial charge in [-0.1, -0.05) is 101 Å². The number of aliphatic imine (C=N–C) groups is 1. The number of aromatic amines is 2. The van der Waals surface area contributed by atoms with Crippen LogP contribution >= 0.6 is 0 Å². The van der Waals surface area contributed by atoms with E-state index in [2.05, 4.69) is 89.2 Å². The van der Waals surface area contributed by atoms with Crippen molar-refractivity contribution in [1.29, 1.82) is 0 Å². The van der Waals surface area contributed by atoms with Gasteiger partial charge in [-0.3, -0.25) is 9.59 Å². The minimum Gasteiger partial charge on any atom is -0.426 e. The number of nitrogens with zero attached hydrogens (tertiary/aromatic N) is 5. The van der Waals surface area contributed by atoms with Crippen molar-refractivity contribution in [3.8, 4) is 39.4 Å². The first-order valence-electron chi connectivity index (χ1n) is 19.0. The quantitative estimate of drug-likeness (QED) is 0.0781. The van der Waals surface area contributed by atoms with Crippen LogP contribution in [0.3, 0.4) is 0 Å². The molecular weight excluding hydrogens is 677 g/mol. The van der Waals surface area contributed by atoms with Crippen molar-refractivity contribution in [2.45, 2.75) is 78.9 Å². The average molecular weight is 729 g/mol. The van der Waals surface area contributed by atoms with E-state index in [1.165, 1.54) is 0 Å². The number of carbonyl (C=O) groups is 2. The molecule has 0 radical (unpaired) electrons. The minimum atomic E-state index is -0.671. The molecule has 2 atom stereocenters. The molecule has 11 nitrogen and oxygen atoms in total. The lowest BCUT2D eigenvalue weighted by Gasteiger charge is -2.28. The van der Waals surface area contributed by atoms with Gasteiger partial charge in [0.25, 0.3) is 6.02 Å². The smallest absolute Gasteiger partial charge is 0.288 e. The van der Waals surface area contributed by atoms with E-state index in [0.717, 1.165) is 64.6 Å². The summed E-state index contributed by atoms with van der Waals surface area (Å²) < 4.78 is 5.69. The highest BCUT2D eigenvalue weighted by atomic mass is 16.5. The summed E-state index contributed by atoms with van der Waals surface area (Å²) >= 11 is 0. The van der Waals surface area contributed by atoms with Crippen molar-refractivity contribution < 1.29 is 14.3 Å². The summed E-state index contributed by atoms with van der Waals surface area (Å²) in [6, 6.07) is 25.1. The molecule has 11 heteroatoms. The molecule has 2 unspecified atom stereocenters. The summed E-state index contributed by atoms with van der Waals surface area (Å²) in [5.41, 5.74) is 12.2. The van der Waals surface area contributed by atoms with E-state index in [0.29, 0.717) is 37.7 Å². The highest BCUT2D eigenvalue weighted by Gasteiger charge is 2.37. The molecule has 4 N–H and O–H groups in total. The first-order valence-corrected chi connectivity index (χ1v) is 19.0. The van der Waals surface area contributed by atoms with Gasteiger partial charge in [-0.25, -0.2) is 15.0 Å². The first kappa shape index (κ1) is 38.0. The molecule has 0 aliphatic carbocycles. The van der Waals surface area contributed by atoms with Crippen LogP contribution in [0.5, 0.6) is 5.75 Å². The fraction of sp³-hybridized carbons (Fsp3) is 0.372. The van der Waals surface area contributed by atoms with Crippen LogP contribution in [0.1, 0.15) is 78.0 Å². The fourth-order valence-electron chi connectivity index (χ4n) is 6.89. The molecule has 1 aliphatic rings. The molecule has 0 bridgehead atoms. The van der Waals surface area contributed by atoms with Crippen LogP contribution < -0.4 is 10.5 Å². The van der Waals surface area contributed by atoms with Crippen LogP contribution in [0, 0.1) is 11.8 Å². The molecule has 0 saturated carbocycles. The van der Waals surface area contributed by atoms with E-state index in [-0.39, 0.29) is 29.8 Å². The maximum atomic E-state index is 13.9. The lowest BCUT2D eigenvalue weighted by molar-refractivity contribution is -0.134. The van der Waals surface area contributed by atoms with Crippen molar-refractivity contribution in [2.24, 2.45) is 22.6 Å². The van der Waals surface area contributed by atoms with Gasteiger partial charge in [0.2, 0.25) is 11.8 Å². The van der Waals surface area contributed by atoms with Crippen LogP contribution in [-0.4, -0.2) is 66.7 Å². The van der Waals surface area contributed by atoms with E-state index >= 15 is 0 Å². The van der Waals surface area contributed by atoms with E-state index in [9.17, 15) is 9.59 Å². The van der Waals surface area contributed by atoms with Gasteiger partial charge >= 0.3 is 0 Å². The number of imidazole rings is 2. The predicted molar refractivity (Wildman–Crippen MR) is 213 cm³/mol. The van der Waals surface area contributed by atoms with Crippen LogP contribution in [0.2, 0.25) is 0 Å². The van der Waals surface area contributed by atoms with Gasteiger partial charge in [-0.05, 0) is 65.5 Å². The molecule has 3 heterocycles. The third kappa shape index (κ3) is 9.25. The van der Waals surface area contributed by atoms with E-state index < -0.39 is 6.04 Å². The molecule has 6 rings (SSSR count). The van der Waals surface area contributed by atoms with Crippen molar-refractivity contribution in [1.82, 2.24) is 29.7 Å². The van der Waals surface area contributed by atoms with Gasteiger partial charge in [0.15, 0.2) is 0 Å². The third-order valence-electron chi connectivity index (χ3n) is 9.69. The number of para-hydroxylation sites is 1. The Balaban J connectivity index is 1.09. The van der Waals surface area contributed by atoms with E-state index in [1.807, 2.05) is 54.2 Å². The van der Waals surface area contributed by atoms with E-state index in [1.54, 1.807) is 12.1 Å². The van der Waals surface area contributed by atoms with Crippen molar-refractivity contribution >= 4 is 17.8 Å². The Kier molecular flexibility index (Phi) is 12.3. The highest BCUT2D eigenvalue weighted by Crippen LogP contribution is 2.34. The number of rotatable bonds is 14. The Bertz CT molecular complexity index is 2020. The molecule has 1 aliphatic heterocycles. The Labute approximate surface area is 318 Å². The number of likely N-dealkylation sites (tertiary alicyclic amines) is 1. The van der Waals surface area contributed by atoms with Gasteiger partial charge in [0.1, 0.15) is 23.4 Å². The topological polar surface area (TPSA) is 146 Å². The Morgan fingerprint density at radius 2 is 1.50 bits per heavy atom. The maximum absolute atomic E-state index is 13.9. The van der Waals surface area contributed by atoms with Crippen molar-refractivity contribution in [2.75, 3.05) is 13.1 Å². The van der Waals surface area contributed by atoms with Gasteiger partial charge in [-0.15, -0.1) is 0 Å². The van der Waals surface area contributed by atoms with Crippen molar-refractivity contribution in [3.05, 3.63) is 103 Å². The zero-order chi connectivity index (χ0) is 38.2. The minimum absolute atomic E-state index is 0.0306. The van der Waals surface area contributed by atoms with Crippen LogP contribution in [0.15, 0.2) is 96.2 Å². The second kappa shape index (κ2) is 17.4. The Morgan fingerprint density at radius 1 is 0.889 bits per heavy atom. The molecule has 2 amide bonds. The SMILES string of the molecule is CCCN(Cc1ncc(-c2ccc(-c3ccc(-c4cnc(C5CCCN5C(=O)C(N=C(N)Oc5ccccc5)C(C)C)[nH]4)cc3)cc2)[nH]1)C(=O)CC(C)C. The highest BCUT2D eigenvalue weighted by molar-refractivity contribution is 5.86. The number of nitrogens with two attached hydrogens (primary N) is 1. The molecule has 54 heavy (non-hydrogen) atoms. The van der Waals surface area contributed by atoms with Crippen molar-refractivity contribution in [3.63, 3.8) is 0 Å². The zero-order valence-corrected chi connectivity index (χ0v) is 32.0. The standard InChI is InChI=1S/C43H52N8O3/c1-6-22-50(39(52)24-28(2)3)27-38-45-25-35(47-38)32-18-14-30(15-19-32)31-16-20-33(21-17-31)36-26-46-41(48-36)37-13-10-23-51(37)42(53)40(29(4)5)49-43(44)54-34-11-8-7-9-12-34/h7-9,11-12,14-21,25-26,28-29,37,40H,6,10,13,22-24,27H2,1-5H3,(H2,44,49)(H,45,47)(H,46,48). The molecule has 5 aromatic rings. The summed E-state index contributed by atoms with van der Waals surface area (Å²) in [5, 5.41) is 0. The van der Waals surface area contributed by atoms with Crippen LogP contribution in [0.25, 0.3) is 33.6 Å².